The summed E-state index contributed by atoms with van der Waals surface area (Å²) in [6, 6.07) is 1.83. The monoisotopic (exact) mass is 278 g/mol. The molecule has 1 aromatic heterocycles. The Morgan fingerprint density at radius 3 is 2.74 bits per heavy atom. The Morgan fingerprint density at radius 1 is 1.21 bits per heavy atom. The molecule has 0 atom stereocenters. The van der Waals surface area contributed by atoms with E-state index in [1.807, 2.05) is 17.8 Å². The number of aromatic nitrogens is 1. The number of nitrogens with one attached hydrogen (secondary N) is 1. The Bertz CT molecular complexity index is 547. The Kier molecular flexibility index (Phi) is 3.64. The van der Waals surface area contributed by atoms with Crippen LogP contribution in [0.15, 0.2) is 10.9 Å². The molecule has 2 heterocycles. The van der Waals surface area contributed by atoms with Gasteiger partial charge in [-0.05, 0) is 37.3 Å². The third-order valence-electron chi connectivity index (χ3n) is 3.87. The zero-order valence-corrected chi connectivity index (χ0v) is 11.7. The molecular formula is C14H18N2O2S. The van der Waals surface area contributed by atoms with Gasteiger partial charge in [0.1, 0.15) is 5.56 Å². The Morgan fingerprint density at radius 2 is 1.95 bits per heavy atom. The lowest BCUT2D eigenvalue weighted by Crippen LogP contribution is -2.40. The summed E-state index contributed by atoms with van der Waals surface area (Å²) in [5.41, 5.74) is 2.29. The Balaban J connectivity index is 1.91. The highest BCUT2D eigenvalue weighted by Gasteiger charge is 2.22. The van der Waals surface area contributed by atoms with Gasteiger partial charge in [0.15, 0.2) is 0 Å². The summed E-state index contributed by atoms with van der Waals surface area (Å²) in [7, 11) is 0. The number of thioether (sulfide) groups is 1. The van der Waals surface area contributed by atoms with Crippen molar-refractivity contribution in [1.29, 1.82) is 0 Å². The minimum atomic E-state index is -0.219. The second kappa shape index (κ2) is 5.41. The van der Waals surface area contributed by atoms with Gasteiger partial charge in [-0.15, -0.1) is 0 Å². The number of carbonyl (C=O) groups is 1. The topological polar surface area (TPSA) is 53.2 Å². The molecule has 0 spiro atoms. The van der Waals surface area contributed by atoms with E-state index in [4.69, 9.17) is 0 Å². The fourth-order valence-corrected chi connectivity index (χ4v) is 3.67. The zero-order valence-electron chi connectivity index (χ0n) is 10.9. The predicted molar refractivity (Wildman–Crippen MR) is 76.9 cm³/mol. The summed E-state index contributed by atoms with van der Waals surface area (Å²) in [5, 5.41) is 0. The molecule has 1 aromatic rings. The highest BCUT2D eigenvalue weighted by atomic mass is 32.2. The molecule has 0 saturated carbocycles. The molecule has 0 bridgehead atoms. The van der Waals surface area contributed by atoms with Crippen LogP contribution in [0.1, 0.15) is 34.5 Å². The van der Waals surface area contributed by atoms with E-state index in [9.17, 15) is 9.59 Å². The van der Waals surface area contributed by atoms with E-state index >= 15 is 0 Å². The van der Waals surface area contributed by atoms with Crippen LogP contribution in [0, 0.1) is 0 Å². The first-order valence-electron chi connectivity index (χ1n) is 6.88. The SMILES string of the molecule is O=C(c1cc2c([nH]c1=O)CCCC2)N1CCSCC1. The summed E-state index contributed by atoms with van der Waals surface area (Å²) in [5.74, 6) is 1.83. The van der Waals surface area contributed by atoms with Crippen LogP contribution in [0.5, 0.6) is 0 Å². The first kappa shape index (κ1) is 12.8. The molecule has 2 aliphatic rings. The zero-order chi connectivity index (χ0) is 13.2. The molecule has 1 saturated heterocycles. The lowest BCUT2D eigenvalue weighted by Gasteiger charge is -2.26. The average Bonchev–Trinajstić information content (AvgIpc) is 2.47. The normalized spacial score (nSPS) is 19.1. The Hall–Kier alpha value is -1.23. The summed E-state index contributed by atoms with van der Waals surface area (Å²) < 4.78 is 0. The number of hydrogen-bond donors (Lipinski definition) is 1. The number of rotatable bonds is 1. The number of aromatic amines is 1. The van der Waals surface area contributed by atoms with E-state index in [1.54, 1.807) is 4.90 Å². The lowest BCUT2D eigenvalue weighted by atomic mass is 9.95. The number of H-pyrrole nitrogens is 1. The molecular weight excluding hydrogens is 260 g/mol. The van der Waals surface area contributed by atoms with Gasteiger partial charge in [-0.3, -0.25) is 9.59 Å². The van der Waals surface area contributed by atoms with Crippen molar-refractivity contribution in [2.75, 3.05) is 24.6 Å². The largest absolute Gasteiger partial charge is 0.337 e. The molecule has 3 rings (SSSR count). The van der Waals surface area contributed by atoms with Crippen LogP contribution in [0.25, 0.3) is 0 Å². The van der Waals surface area contributed by atoms with Gasteiger partial charge in [-0.2, -0.15) is 11.8 Å². The highest BCUT2D eigenvalue weighted by molar-refractivity contribution is 7.99. The second-order valence-electron chi connectivity index (χ2n) is 5.13. The number of fused-ring (bicyclic) bond motifs is 1. The maximum atomic E-state index is 12.4. The van der Waals surface area contributed by atoms with E-state index < -0.39 is 0 Å². The summed E-state index contributed by atoms with van der Waals surface area (Å²) >= 11 is 1.86. The van der Waals surface area contributed by atoms with Crippen molar-refractivity contribution in [3.8, 4) is 0 Å². The molecule has 5 heteroatoms. The van der Waals surface area contributed by atoms with E-state index in [0.29, 0.717) is 5.56 Å². The van der Waals surface area contributed by atoms with E-state index in [-0.39, 0.29) is 11.5 Å². The molecule has 0 unspecified atom stereocenters. The van der Waals surface area contributed by atoms with Gasteiger partial charge in [0.25, 0.3) is 11.5 Å². The summed E-state index contributed by atoms with van der Waals surface area (Å²) in [6.45, 7) is 1.50. The number of hydrogen-bond acceptors (Lipinski definition) is 3. The van der Waals surface area contributed by atoms with Gasteiger partial charge in [0.2, 0.25) is 0 Å². The van der Waals surface area contributed by atoms with Crippen LogP contribution in [-0.2, 0) is 12.8 Å². The maximum Gasteiger partial charge on any atom is 0.261 e. The van der Waals surface area contributed by atoms with Crippen LogP contribution in [0.3, 0.4) is 0 Å². The quantitative estimate of drug-likeness (QED) is 0.846. The van der Waals surface area contributed by atoms with Gasteiger partial charge in [0.05, 0.1) is 0 Å². The summed E-state index contributed by atoms with van der Waals surface area (Å²) in [6.07, 6.45) is 4.17. The molecule has 1 aliphatic carbocycles. The Labute approximate surface area is 116 Å². The lowest BCUT2D eigenvalue weighted by molar-refractivity contribution is 0.0770. The van der Waals surface area contributed by atoms with Crippen LogP contribution in [-0.4, -0.2) is 40.4 Å². The molecule has 102 valence electrons. The third-order valence-corrected chi connectivity index (χ3v) is 4.81. The van der Waals surface area contributed by atoms with Crippen molar-refractivity contribution in [3.63, 3.8) is 0 Å². The minimum Gasteiger partial charge on any atom is -0.337 e. The standard InChI is InChI=1S/C14H18N2O2S/c17-13-11(14(18)16-5-7-19-8-6-16)9-10-3-1-2-4-12(10)15-13/h9H,1-8H2,(H,15,17). The molecule has 1 amide bonds. The van der Waals surface area contributed by atoms with E-state index in [1.165, 1.54) is 0 Å². The van der Waals surface area contributed by atoms with Gasteiger partial charge < -0.3 is 9.88 Å². The van der Waals surface area contributed by atoms with Crippen molar-refractivity contribution in [3.05, 3.63) is 33.2 Å². The molecule has 1 fully saturated rings. The molecule has 0 aromatic carbocycles. The van der Waals surface area contributed by atoms with Gasteiger partial charge >= 0.3 is 0 Å². The van der Waals surface area contributed by atoms with E-state index in [2.05, 4.69) is 4.98 Å². The van der Waals surface area contributed by atoms with Gasteiger partial charge in [0, 0.05) is 30.3 Å². The van der Waals surface area contributed by atoms with Crippen LogP contribution in [0.4, 0.5) is 0 Å². The number of pyridine rings is 1. The molecule has 1 N–H and O–H groups in total. The predicted octanol–water partition coefficient (Wildman–Crippen LogP) is 1.44. The highest BCUT2D eigenvalue weighted by Crippen LogP contribution is 2.19. The first-order chi connectivity index (χ1) is 9.25. The van der Waals surface area contributed by atoms with Crippen LogP contribution < -0.4 is 5.56 Å². The van der Waals surface area contributed by atoms with Crippen molar-refractivity contribution in [2.45, 2.75) is 25.7 Å². The van der Waals surface area contributed by atoms with Gasteiger partial charge in [-0.1, -0.05) is 0 Å². The smallest absolute Gasteiger partial charge is 0.261 e. The second-order valence-corrected chi connectivity index (χ2v) is 6.35. The van der Waals surface area contributed by atoms with Crippen molar-refractivity contribution in [1.82, 2.24) is 9.88 Å². The fourth-order valence-electron chi connectivity index (χ4n) is 2.77. The van der Waals surface area contributed by atoms with Crippen LogP contribution >= 0.6 is 11.8 Å². The summed E-state index contributed by atoms with van der Waals surface area (Å²) in [4.78, 5) is 29.2. The van der Waals surface area contributed by atoms with Crippen molar-refractivity contribution >= 4 is 17.7 Å². The molecule has 1 aliphatic heterocycles. The maximum absolute atomic E-state index is 12.4. The fraction of sp³-hybridized carbons (Fsp3) is 0.571. The molecule has 19 heavy (non-hydrogen) atoms. The molecule has 4 nitrogen and oxygen atoms in total. The average molecular weight is 278 g/mol. The van der Waals surface area contributed by atoms with Crippen molar-refractivity contribution < 1.29 is 4.79 Å². The number of amides is 1. The van der Waals surface area contributed by atoms with Gasteiger partial charge in [-0.25, -0.2) is 0 Å². The van der Waals surface area contributed by atoms with Crippen molar-refractivity contribution in [2.24, 2.45) is 0 Å². The number of nitrogens with zero attached hydrogens (tertiary/aromatic N) is 1. The third kappa shape index (κ3) is 2.56. The number of aryl methyl sites for hydroxylation is 2. The first-order valence-corrected chi connectivity index (χ1v) is 8.03. The minimum absolute atomic E-state index is 0.102. The molecule has 0 radical (unpaired) electrons. The van der Waals surface area contributed by atoms with E-state index in [0.717, 1.165) is 61.5 Å². The van der Waals surface area contributed by atoms with Crippen LogP contribution in [0.2, 0.25) is 0 Å². The number of carbonyl (C=O) groups excluding carboxylic acids is 1.